The lowest BCUT2D eigenvalue weighted by atomic mass is 10.2. The highest BCUT2D eigenvalue weighted by molar-refractivity contribution is 5.88. The molecule has 0 aliphatic rings. The third-order valence-electron chi connectivity index (χ3n) is 3.10. The number of carbonyl (C=O) groups is 1. The minimum atomic E-state index is -0.445. The lowest BCUT2D eigenvalue weighted by Gasteiger charge is -2.18. The van der Waals surface area contributed by atoms with Crippen LogP contribution >= 0.6 is 0 Å². The van der Waals surface area contributed by atoms with Crippen LogP contribution < -0.4 is 4.90 Å². The first-order valence-electron chi connectivity index (χ1n) is 6.59. The van der Waals surface area contributed by atoms with Crippen LogP contribution in [0.15, 0.2) is 36.7 Å². The summed E-state index contributed by atoms with van der Waals surface area (Å²) in [6, 6.07) is 6.18. The minimum Gasteiger partial charge on any atom is -0.460 e. The van der Waals surface area contributed by atoms with E-state index >= 15 is 0 Å². The van der Waals surface area contributed by atoms with Crippen LogP contribution in [0.3, 0.4) is 0 Å². The van der Waals surface area contributed by atoms with E-state index in [0.29, 0.717) is 12.1 Å². The number of ether oxygens (including phenoxy) is 1. The van der Waals surface area contributed by atoms with Gasteiger partial charge in [-0.25, -0.2) is 4.79 Å². The van der Waals surface area contributed by atoms with Crippen LogP contribution in [0.2, 0.25) is 0 Å². The number of benzene rings is 1. The highest BCUT2D eigenvalue weighted by Gasteiger charge is 2.10. The number of non-ortho nitro benzene ring substituents is 1. The zero-order chi connectivity index (χ0) is 16.1. The van der Waals surface area contributed by atoms with E-state index in [1.165, 1.54) is 23.0 Å². The van der Waals surface area contributed by atoms with Crippen LogP contribution in [-0.4, -0.2) is 40.9 Å². The molecule has 1 aromatic carbocycles. The maximum atomic E-state index is 11.7. The van der Waals surface area contributed by atoms with Crippen LogP contribution in [0.25, 0.3) is 0 Å². The molecular weight excluding hydrogens is 288 g/mol. The Balaban J connectivity index is 1.83. The van der Waals surface area contributed by atoms with Gasteiger partial charge in [-0.1, -0.05) is 0 Å². The third kappa shape index (κ3) is 3.81. The Morgan fingerprint density at radius 3 is 2.64 bits per heavy atom. The minimum absolute atomic E-state index is 0.0418. The second-order valence-electron chi connectivity index (χ2n) is 4.73. The maximum Gasteiger partial charge on any atom is 0.341 e. The highest BCUT2D eigenvalue weighted by atomic mass is 16.6. The molecule has 1 heterocycles. The molecule has 0 spiro atoms. The monoisotopic (exact) mass is 304 g/mol. The van der Waals surface area contributed by atoms with Gasteiger partial charge in [0, 0.05) is 38.1 Å². The summed E-state index contributed by atoms with van der Waals surface area (Å²) in [5, 5.41) is 14.5. The molecule has 0 bridgehead atoms. The van der Waals surface area contributed by atoms with Gasteiger partial charge in [-0.05, 0) is 12.1 Å². The summed E-state index contributed by atoms with van der Waals surface area (Å²) in [6.45, 7) is 0.686. The van der Waals surface area contributed by atoms with Crippen LogP contribution in [-0.2, 0) is 11.8 Å². The summed E-state index contributed by atoms with van der Waals surface area (Å²) in [4.78, 5) is 23.7. The maximum absolute atomic E-state index is 11.7. The molecule has 8 heteroatoms. The summed E-state index contributed by atoms with van der Waals surface area (Å²) >= 11 is 0. The van der Waals surface area contributed by atoms with Gasteiger partial charge in [0.15, 0.2) is 0 Å². The highest BCUT2D eigenvalue weighted by Crippen LogP contribution is 2.18. The normalized spacial score (nSPS) is 10.3. The van der Waals surface area contributed by atoms with Crippen molar-refractivity contribution in [3.05, 3.63) is 52.3 Å². The molecule has 1 aromatic heterocycles. The number of aryl methyl sites for hydroxylation is 1. The van der Waals surface area contributed by atoms with Crippen molar-refractivity contribution in [1.82, 2.24) is 9.78 Å². The van der Waals surface area contributed by atoms with E-state index < -0.39 is 10.9 Å². The zero-order valence-electron chi connectivity index (χ0n) is 12.3. The first-order valence-corrected chi connectivity index (χ1v) is 6.59. The Morgan fingerprint density at radius 2 is 2.09 bits per heavy atom. The number of nitrogens with zero attached hydrogens (tertiary/aromatic N) is 4. The van der Waals surface area contributed by atoms with E-state index in [-0.39, 0.29) is 12.3 Å². The molecular formula is C14H16N4O4. The Labute approximate surface area is 127 Å². The number of nitro groups is 1. The summed E-state index contributed by atoms with van der Waals surface area (Å²) in [5.41, 5.74) is 1.25. The van der Waals surface area contributed by atoms with Crippen LogP contribution in [0.1, 0.15) is 10.4 Å². The van der Waals surface area contributed by atoms with Crippen molar-refractivity contribution in [2.24, 2.45) is 7.05 Å². The Morgan fingerprint density at radius 1 is 1.41 bits per heavy atom. The average Bonchev–Trinajstić information content (AvgIpc) is 2.93. The number of esters is 1. The second kappa shape index (κ2) is 6.70. The number of aromatic nitrogens is 2. The number of carbonyl (C=O) groups excluding carboxylic acids is 1. The van der Waals surface area contributed by atoms with Gasteiger partial charge in [-0.15, -0.1) is 0 Å². The molecule has 22 heavy (non-hydrogen) atoms. The number of hydrogen-bond acceptors (Lipinski definition) is 6. The van der Waals surface area contributed by atoms with Gasteiger partial charge in [0.1, 0.15) is 6.61 Å². The first kappa shape index (κ1) is 15.5. The van der Waals surface area contributed by atoms with Gasteiger partial charge in [-0.2, -0.15) is 5.10 Å². The number of nitro benzene ring substituents is 1. The zero-order valence-corrected chi connectivity index (χ0v) is 12.3. The molecule has 2 rings (SSSR count). The standard InChI is InChI=1S/C14H16N4O4/c1-16(12-3-5-13(6-4-12)18(20)21)7-8-22-14(19)11-9-15-17(2)10-11/h3-6,9-10H,7-8H2,1-2H3. The SMILES string of the molecule is CN(CCOC(=O)c1cnn(C)c1)c1ccc([N+](=O)[O-])cc1. The lowest BCUT2D eigenvalue weighted by Crippen LogP contribution is -2.23. The predicted molar refractivity (Wildman–Crippen MR) is 79.9 cm³/mol. The van der Waals surface area contributed by atoms with Crippen molar-refractivity contribution < 1.29 is 14.5 Å². The van der Waals surface area contributed by atoms with Crippen molar-refractivity contribution in [1.29, 1.82) is 0 Å². The fourth-order valence-electron chi connectivity index (χ4n) is 1.84. The van der Waals surface area contributed by atoms with Crippen molar-refractivity contribution in [2.75, 3.05) is 25.1 Å². The average molecular weight is 304 g/mol. The number of rotatable bonds is 6. The van der Waals surface area contributed by atoms with Gasteiger partial charge in [0.2, 0.25) is 0 Å². The lowest BCUT2D eigenvalue weighted by molar-refractivity contribution is -0.384. The van der Waals surface area contributed by atoms with Crippen molar-refractivity contribution in [3.63, 3.8) is 0 Å². The smallest absolute Gasteiger partial charge is 0.341 e. The van der Waals surface area contributed by atoms with E-state index in [0.717, 1.165) is 5.69 Å². The third-order valence-corrected chi connectivity index (χ3v) is 3.10. The molecule has 0 fully saturated rings. The van der Waals surface area contributed by atoms with Crippen molar-refractivity contribution in [3.8, 4) is 0 Å². The van der Waals surface area contributed by atoms with Crippen LogP contribution in [0.5, 0.6) is 0 Å². The number of likely N-dealkylation sites (N-methyl/N-ethyl adjacent to an activating group) is 1. The van der Waals surface area contributed by atoms with Gasteiger partial charge >= 0.3 is 5.97 Å². The topological polar surface area (TPSA) is 90.5 Å². The molecule has 0 unspecified atom stereocenters. The van der Waals surface area contributed by atoms with Crippen LogP contribution in [0.4, 0.5) is 11.4 Å². The predicted octanol–water partition coefficient (Wildman–Crippen LogP) is 1.62. The Hall–Kier alpha value is -2.90. The molecule has 8 nitrogen and oxygen atoms in total. The molecule has 0 N–H and O–H groups in total. The fourth-order valence-corrected chi connectivity index (χ4v) is 1.84. The van der Waals surface area contributed by atoms with Crippen LogP contribution in [0, 0.1) is 10.1 Å². The number of anilines is 1. The fraction of sp³-hybridized carbons (Fsp3) is 0.286. The van der Waals surface area contributed by atoms with E-state index in [9.17, 15) is 14.9 Å². The Bertz CT molecular complexity index is 666. The molecule has 2 aromatic rings. The second-order valence-corrected chi connectivity index (χ2v) is 4.73. The van der Waals surface area contributed by atoms with Crippen molar-refractivity contribution >= 4 is 17.3 Å². The number of hydrogen-bond donors (Lipinski definition) is 0. The van der Waals surface area contributed by atoms with Gasteiger partial charge in [0.25, 0.3) is 5.69 Å². The van der Waals surface area contributed by atoms with E-state index in [1.54, 1.807) is 25.4 Å². The summed E-state index contributed by atoms with van der Waals surface area (Å²) in [7, 11) is 3.54. The Kier molecular flexibility index (Phi) is 4.72. The van der Waals surface area contributed by atoms with E-state index in [2.05, 4.69) is 5.10 Å². The van der Waals surface area contributed by atoms with Gasteiger partial charge in [0.05, 0.1) is 23.2 Å². The molecule has 0 radical (unpaired) electrons. The summed E-state index contributed by atoms with van der Waals surface area (Å²) in [5.74, 6) is -0.426. The summed E-state index contributed by atoms with van der Waals surface area (Å²) in [6.07, 6.45) is 3.03. The summed E-state index contributed by atoms with van der Waals surface area (Å²) < 4.78 is 6.68. The molecule has 0 amide bonds. The molecule has 0 atom stereocenters. The first-order chi connectivity index (χ1) is 10.5. The van der Waals surface area contributed by atoms with Gasteiger partial charge in [-0.3, -0.25) is 14.8 Å². The largest absolute Gasteiger partial charge is 0.460 e. The quantitative estimate of drug-likeness (QED) is 0.457. The molecule has 0 aliphatic carbocycles. The molecule has 0 saturated carbocycles. The van der Waals surface area contributed by atoms with Crippen molar-refractivity contribution in [2.45, 2.75) is 0 Å². The molecule has 0 saturated heterocycles. The molecule has 0 aliphatic heterocycles. The van der Waals surface area contributed by atoms with Gasteiger partial charge < -0.3 is 9.64 Å². The van der Waals surface area contributed by atoms with E-state index in [4.69, 9.17) is 4.74 Å². The molecule has 116 valence electrons. The van der Waals surface area contributed by atoms with E-state index in [1.807, 2.05) is 11.9 Å².